The van der Waals surface area contributed by atoms with Gasteiger partial charge in [-0.05, 0) is 28.3 Å². The van der Waals surface area contributed by atoms with Gasteiger partial charge in [0, 0.05) is 12.0 Å². The first kappa shape index (κ1) is 20.1. The number of fused-ring (bicyclic) bond motifs is 3. The van der Waals surface area contributed by atoms with Crippen molar-refractivity contribution in [3.05, 3.63) is 99.6 Å². The van der Waals surface area contributed by atoms with Crippen molar-refractivity contribution in [2.75, 3.05) is 6.61 Å². The summed E-state index contributed by atoms with van der Waals surface area (Å²) in [5.74, 6) is -1.62. The molecule has 8 nitrogen and oxygen atoms in total. The summed E-state index contributed by atoms with van der Waals surface area (Å²) in [6.07, 6.45) is -0.965. The van der Waals surface area contributed by atoms with E-state index < -0.39 is 28.7 Å². The fourth-order valence-corrected chi connectivity index (χ4v) is 3.93. The van der Waals surface area contributed by atoms with Gasteiger partial charge in [-0.2, -0.15) is 0 Å². The van der Waals surface area contributed by atoms with Crippen molar-refractivity contribution >= 4 is 17.7 Å². The Labute approximate surface area is 177 Å². The molecule has 0 radical (unpaired) electrons. The summed E-state index contributed by atoms with van der Waals surface area (Å²) in [4.78, 5) is 34.7. The van der Waals surface area contributed by atoms with E-state index in [9.17, 15) is 24.8 Å². The highest BCUT2D eigenvalue weighted by molar-refractivity contribution is 5.83. The zero-order valence-electron chi connectivity index (χ0n) is 16.2. The molecule has 31 heavy (non-hydrogen) atoms. The Morgan fingerprint density at radius 2 is 1.52 bits per heavy atom. The third kappa shape index (κ3) is 3.83. The van der Waals surface area contributed by atoms with E-state index in [0.717, 1.165) is 22.3 Å². The molecular weight excluding hydrogens is 400 g/mol. The predicted octanol–water partition coefficient (Wildman–Crippen LogP) is 4.26. The smallest absolute Gasteiger partial charge is 0.408 e. The number of carbonyl (C=O) groups is 2. The van der Waals surface area contributed by atoms with Gasteiger partial charge >= 0.3 is 12.1 Å². The van der Waals surface area contributed by atoms with Gasteiger partial charge in [0.2, 0.25) is 0 Å². The molecule has 2 N–H and O–H groups in total. The summed E-state index contributed by atoms with van der Waals surface area (Å²) in [6, 6.07) is 19.4. The molecule has 1 atom stereocenters. The van der Waals surface area contributed by atoms with Gasteiger partial charge in [-0.1, -0.05) is 60.7 Å². The largest absolute Gasteiger partial charge is 0.479 e. The van der Waals surface area contributed by atoms with E-state index in [1.807, 2.05) is 48.5 Å². The molecule has 156 valence electrons. The van der Waals surface area contributed by atoms with Crippen molar-refractivity contribution < 1.29 is 24.4 Å². The molecule has 1 aliphatic carbocycles. The van der Waals surface area contributed by atoms with Crippen LogP contribution in [-0.4, -0.2) is 28.7 Å². The van der Waals surface area contributed by atoms with Crippen LogP contribution in [-0.2, 0) is 9.53 Å². The summed E-state index contributed by atoms with van der Waals surface area (Å²) < 4.78 is 5.36. The molecule has 1 aliphatic rings. The minimum Gasteiger partial charge on any atom is -0.479 e. The second-order valence-corrected chi connectivity index (χ2v) is 7.06. The zero-order chi connectivity index (χ0) is 22.0. The summed E-state index contributed by atoms with van der Waals surface area (Å²) in [5, 5.41) is 23.0. The standard InChI is InChI=1S/C23H18N2O6/c26-22(27)21(18-11-5-6-12-20(18)25(29)30)24-23(28)31-13-19-16-9-3-1-7-14(16)15-8-2-4-10-17(15)19/h1-12,19,21H,13H2,(H,24,28)(H,26,27). The number of hydrogen-bond acceptors (Lipinski definition) is 5. The van der Waals surface area contributed by atoms with Gasteiger partial charge in [-0.15, -0.1) is 0 Å². The topological polar surface area (TPSA) is 119 Å². The summed E-state index contributed by atoms with van der Waals surface area (Å²) in [5.41, 5.74) is 3.64. The number of carboxylic acid groups (broad SMARTS) is 1. The number of carbonyl (C=O) groups excluding carboxylic acids is 1. The molecule has 8 heteroatoms. The Balaban J connectivity index is 1.52. The van der Waals surface area contributed by atoms with Gasteiger partial charge in [-0.25, -0.2) is 9.59 Å². The Hall–Kier alpha value is -4.20. The minimum atomic E-state index is -1.61. The van der Waals surface area contributed by atoms with Crippen LogP contribution < -0.4 is 5.32 Å². The normalized spacial score (nSPS) is 13.0. The van der Waals surface area contributed by atoms with Gasteiger partial charge in [0.1, 0.15) is 6.61 Å². The van der Waals surface area contributed by atoms with Crippen molar-refractivity contribution in [2.24, 2.45) is 0 Å². The number of nitrogens with one attached hydrogen (secondary N) is 1. The van der Waals surface area contributed by atoms with Crippen LogP contribution in [0.25, 0.3) is 11.1 Å². The van der Waals surface area contributed by atoms with Crippen molar-refractivity contribution in [1.29, 1.82) is 0 Å². The van der Waals surface area contributed by atoms with Crippen molar-refractivity contribution in [3.63, 3.8) is 0 Å². The Morgan fingerprint density at radius 1 is 0.968 bits per heavy atom. The number of nitrogens with zero attached hydrogens (tertiary/aromatic N) is 1. The summed E-state index contributed by atoms with van der Waals surface area (Å²) >= 11 is 0. The third-order valence-electron chi connectivity index (χ3n) is 5.30. The monoisotopic (exact) mass is 418 g/mol. The number of nitro benzene ring substituents is 1. The number of rotatable bonds is 6. The average molecular weight is 418 g/mol. The second-order valence-electron chi connectivity index (χ2n) is 7.06. The second kappa shape index (κ2) is 8.27. The van der Waals surface area contributed by atoms with Crippen LogP contribution in [0.15, 0.2) is 72.8 Å². The predicted molar refractivity (Wildman–Crippen MR) is 112 cm³/mol. The van der Waals surface area contributed by atoms with Crippen LogP contribution in [0.4, 0.5) is 10.5 Å². The molecule has 3 aromatic carbocycles. The molecule has 0 aliphatic heterocycles. The number of ether oxygens (including phenoxy) is 1. The molecule has 1 amide bonds. The maximum atomic E-state index is 12.4. The molecule has 4 rings (SSSR count). The Kier molecular flexibility index (Phi) is 5.36. The van der Waals surface area contributed by atoms with Gasteiger partial charge in [0.15, 0.2) is 6.04 Å². The van der Waals surface area contributed by atoms with E-state index in [-0.39, 0.29) is 18.1 Å². The van der Waals surface area contributed by atoms with Gasteiger partial charge in [-0.3, -0.25) is 10.1 Å². The van der Waals surface area contributed by atoms with E-state index in [0.29, 0.717) is 0 Å². The fraction of sp³-hybridized carbons (Fsp3) is 0.130. The van der Waals surface area contributed by atoms with Crippen molar-refractivity contribution in [2.45, 2.75) is 12.0 Å². The van der Waals surface area contributed by atoms with E-state index in [2.05, 4.69) is 5.32 Å². The first-order valence-corrected chi connectivity index (χ1v) is 9.55. The molecular formula is C23H18N2O6. The molecule has 1 unspecified atom stereocenters. The molecule has 3 aromatic rings. The minimum absolute atomic E-state index is 0.00306. The molecule has 0 saturated heterocycles. The summed E-state index contributed by atoms with van der Waals surface area (Å²) in [7, 11) is 0. The molecule has 0 saturated carbocycles. The number of nitro groups is 1. The molecule has 0 aromatic heterocycles. The van der Waals surface area contributed by atoms with Gasteiger partial charge < -0.3 is 15.2 Å². The SMILES string of the molecule is O=C(NC(C(=O)O)c1ccccc1[N+](=O)[O-])OCC1c2ccccc2-c2ccccc21. The van der Waals surface area contributed by atoms with E-state index in [1.54, 1.807) is 0 Å². The Bertz CT molecular complexity index is 1130. The highest BCUT2D eigenvalue weighted by Gasteiger charge is 2.32. The number of hydrogen-bond donors (Lipinski definition) is 2. The van der Waals surface area contributed by atoms with Gasteiger partial charge in [0.05, 0.1) is 10.5 Å². The zero-order valence-corrected chi connectivity index (χ0v) is 16.2. The van der Waals surface area contributed by atoms with Crippen LogP contribution in [0.3, 0.4) is 0 Å². The quantitative estimate of drug-likeness (QED) is 0.456. The first-order chi connectivity index (χ1) is 15.0. The van der Waals surface area contributed by atoms with Gasteiger partial charge in [0.25, 0.3) is 5.69 Å². The number of para-hydroxylation sites is 1. The highest BCUT2D eigenvalue weighted by Crippen LogP contribution is 2.44. The van der Waals surface area contributed by atoms with Crippen molar-refractivity contribution in [3.8, 4) is 11.1 Å². The lowest BCUT2D eigenvalue weighted by atomic mass is 9.98. The number of amides is 1. The molecule has 0 spiro atoms. The molecule has 0 bridgehead atoms. The average Bonchev–Trinajstić information content (AvgIpc) is 3.09. The van der Waals surface area contributed by atoms with Crippen LogP contribution in [0, 0.1) is 10.1 Å². The fourth-order valence-electron chi connectivity index (χ4n) is 3.93. The van der Waals surface area contributed by atoms with E-state index in [4.69, 9.17) is 4.74 Å². The lowest BCUT2D eigenvalue weighted by molar-refractivity contribution is -0.385. The maximum Gasteiger partial charge on any atom is 0.408 e. The van der Waals surface area contributed by atoms with Crippen LogP contribution in [0.5, 0.6) is 0 Å². The first-order valence-electron chi connectivity index (χ1n) is 9.55. The van der Waals surface area contributed by atoms with Crippen LogP contribution >= 0.6 is 0 Å². The number of benzene rings is 3. The number of aliphatic carboxylic acids is 1. The molecule has 0 fully saturated rings. The van der Waals surface area contributed by atoms with Crippen molar-refractivity contribution in [1.82, 2.24) is 5.32 Å². The molecule has 0 heterocycles. The van der Waals surface area contributed by atoms with Crippen LogP contribution in [0.1, 0.15) is 28.7 Å². The maximum absolute atomic E-state index is 12.4. The van der Waals surface area contributed by atoms with E-state index in [1.165, 1.54) is 24.3 Å². The lowest BCUT2D eigenvalue weighted by Gasteiger charge is -2.17. The Morgan fingerprint density at radius 3 is 2.10 bits per heavy atom. The number of carboxylic acids is 1. The highest BCUT2D eigenvalue weighted by atomic mass is 16.6. The van der Waals surface area contributed by atoms with E-state index >= 15 is 0 Å². The summed E-state index contributed by atoms with van der Waals surface area (Å²) in [6.45, 7) is 0.00306. The third-order valence-corrected chi connectivity index (χ3v) is 5.30. The van der Waals surface area contributed by atoms with Crippen LogP contribution in [0.2, 0.25) is 0 Å². The number of alkyl carbamates (subject to hydrolysis) is 1. The lowest BCUT2D eigenvalue weighted by Crippen LogP contribution is -2.35.